The van der Waals surface area contributed by atoms with Gasteiger partial charge in [-0.25, -0.2) is 4.98 Å². The number of nitrogens with zero attached hydrogens (tertiary/aromatic N) is 1. The molecule has 110 valence electrons. The van der Waals surface area contributed by atoms with Crippen LogP contribution in [0.5, 0.6) is 5.75 Å². The SMILES string of the molecule is CC.OCc1ccc(-c2cc(Cl)c3ccc(O)cc3n2)o1. The average molecular weight is 306 g/mol. The summed E-state index contributed by atoms with van der Waals surface area (Å²) in [6.45, 7) is 3.84. The predicted octanol–water partition coefficient (Wildman–Crippen LogP) is 4.37. The lowest BCUT2D eigenvalue weighted by molar-refractivity contribution is 0.248. The molecule has 21 heavy (non-hydrogen) atoms. The number of hydrogen-bond donors (Lipinski definition) is 2. The number of benzene rings is 1. The highest BCUT2D eigenvalue weighted by Gasteiger charge is 2.10. The van der Waals surface area contributed by atoms with E-state index < -0.39 is 0 Å². The zero-order valence-corrected chi connectivity index (χ0v) is 12.6. The van der Waals surface area contributed by atoms with Gasteiger partial charge in [-0.3, -0.25) is 0 Å². The van der Waals surface area contributed by atoms with Crippen molar-refractivity contribution in [2.75, 3.05) is 0 Å². The normalized spacial score (nSPS) is 10.3. The smallest absolute Gasteiger partial charge is 0.152 e. The number of aromatic hydroxyl groups is 1. The maximum atomic E-state index is 9.49. The molecule has 0 aliphatic heterocycles. The van der Waals surface area contributed by atoms with Gasteiger partial charge in [-0.05, 0) is 30.3 Å². The van der Waals surface area contributed by atoms with E-state index in [0.717, 1.165) is 5.39 Å². The number of aromatic nitrogens is 1. The van der Waals surface area contributed by atoms with E-state index in [1.807, 2.05) is 13.8 Å². The molecule has 5 heteroatoms. The van der Waals surface area contributed by atoms with Crippen LogP contribution in [-0.4, -0.2) is 15.2 Å². The van der Waals surface area contributed by atoms with Crippen LogP contribution in [0, 0.1) is 0 Å². The van der Waals surface area contributed by atoms with Gasteiger partial charge in [-0.2, -0.15) is 0 Å². The van der Waals surface area contributed by atoms with Crippen LogP contribution in [0.15, 0.2) is 40.8 Å². The minimum absolute atomic E-state index is 0.128. The Labute approximate surface area is 127 Å². The molecule has 0 atom stereocenters. The topological polar surface area (TPSA) is 66.5 Å². The summed E-state index contributed by atoms with van der Waals surface area (Å²) in [5, 5.41) is 19.8. The van der Waals surface area contributed by atoms with Crippen molar-refractivity contribution in [3.8, 4) is 17.2 Å². The van der Waals surface area contributed by atoms with E-state index >= 15 is 0 Å². The Morgan fingerprint density at radius 1 is 1.14 bits per heavy atom. The van der Waals surface area contributed by atoms with Gasteiger partial charge in [0.05, 0.1) is 10.5 Å². The molecule has 0 saturated heterocycles. The average Bonchev–Trinajstić information content (AvgIpc) is 2.97. The van der Waals surface area contributed by atoms with Gasteiger partial charge in [0.2, 0.25) is 0 Å². The molecule has 0 fully saturated rings. The van der Waals surface area contributed by atoms with E-state index in [1.165, 1.54) is 0 Å². The molecule has 0 bridgehead atoms. The molecule has 0 radical (unpaired) electrons. The van der Waals surface area contributed by atoms with Gasteiger partial charge in [0.15, 0.2) is 5.76 Å². The van der Waals surface area contributed by atoms with Gasteiger partial charge in [-0.1, -0.05) is 25.4 Å². The molecule has 2 aromatic heterocycles. The predicted molar refractivity (Wildman–Crippen MR) is 83.4 cm³/mol. The van der Waals surface area contributed by atoms with E-state index in [1.54, 1.807) is 36.4 Å². The molecule has 2 N–H and O–H groups in total. The zero-order valence-electron chi connectivity index (χ0n) is 11.8. The summed E-state index contributed by atoms with van der Waals surface area (Å²) in [5.74, 6) is 1.11. The number of furan rings is 1. The van der Waals surface area contributed by atoms with Gasteiger partial charge >= 0.3 is 0 Å². The third kappa shape index (κ3) is 3.17. The second kappa shape index (κ2) is 6.61. The number of aliphatic hydroxyl groups is 1. The molecule has 4 nitrogen and oxygen atoms in total. The quantitative estimate of drug-likeness (QED) is 0.737. The first-order chi connectivity index (χ1) is 10.2. The molecule has 0 amide bonds. The lowest BCUT2D eigenvalue weighted by Crippen LogP contribution is -1.85. The van der Waals surface area contributed by atoms with Gasteiger partial charge in [0, 0.05) is 11.5 Å². The fraction of sp³-hybridized carbons (Fsp3) is 0.188. The summed E-state index contributed by atoms with van der Waals surface area (Å²) in [4.78, 5) is 4.39. The van der Waals surface area contributed by atoms with Crippen molar-refractivity contribution in [2.45, 2.75) is 20.5 Å². The Balaban J connectivity index is 0.000000774. The van der Waals surface area contributed by atoms with Crippen molar-refractivity contribution < 1.29 is 14.6 Å². The van der Waals surface area contributed by atoms with Crippen LogP contribution >= 0.6 is 11.6 Å². The second-order valence-electron chi connectivity index (χ2n) is 4.11. The Morgan fingerprint density at radius 2 is 1.90 bits per heavy atom. The molecule has 2 heterocycles. The highest BCUT2D eigenvalue weighted by atomic mass is 35.5. The van der Waals surface area contributed by atoms with Crippen LogP contribution in [0.25, 0.3) is 22.4 Å². The molecule has 3 rings (SSSR count). The summed E-state index contributed by atoms with van der Waals surface area (Å²) in [6.07, 6.45) is 0. The number of phenolic OH excluding ortho intramolecular Hbond substituents is 1. The third-order valence-corrected chi connectivity index (χ3v) is 3.13. The molecule has 1 aromatic carbocycles. The largest absolute Gasteiger partial charge is 0.508 e. The first kappa shape index (κ1) is 15.4. The van der Waals surface area contributed by atoms with Crippen molar-refractivity contribution in [1.82, 2.24) is 4.98 Å². The molecule has 0 saturated carbocycles. The highest BCUT2D eigenvalue weighted by molar-refractivity contribution is 6.35. The monoisotopic (exact) mass is 305 g/mol. The van der Waals surface area contributed by atoms with Crippen LogP contribution in [0.2, 0.25) is 5.02 Å². The number of halogens is 1. The fourth-order valence-corrected chi connectivity index (χ4v) is 2.16. The minimum atomic E-state index is -0.165. The fourth-order valence-electron chi connectivity index (χ4n) is 1.90. The summed E-state index contributed by atoms with van der Waals surface area (Å²) < 4.78 is 5.42. The second-order valence-corrected chi connectivity index (χ2v) is 4.52. The lowest BCUT2D eigenvalue weighted by Gasteiger charge is -2.04. The molecular weight excluding hydrogens is 290 g/mol. The number of rotatable bonds is 2. The van der Waals surface area contributed by atoms with Gasteiger partial charge in [-0.15, -0.1) is 0 Å². The number of aliphatic hydroxyl groups excluding tert-OH is 1. The maximum Gasteiger partial charge on any atom is 0.152 e. The number of pyridine rings is 1. The molecule has 3 aromatic rings. The van der Waals surface area contributed by atoms with Gasteiger partial charge < -0.3 is 14.6 Å². The maximum absolute atomic E-state index is 9.49. The summed E-state index contributed by atoms with van der Waals surface area (Å²) in [7, 11) is 0. The Bertz CT molecular complexity index is 752. The molecule has 0 spiro atoms. The van der Waals surface area contributed by atoms with Crippen molar-refractivity contribution in [2.24, 2.45) is 0 Å². The number of fused-ring (bicyclic) bond motifs is 1. The molecular formula is C16H16ClNO3. The number of hydrogen-bond acceptors (Lipinski definition) is 4. The van der Waals surface area contributed by atoms with Gasteiger partial charge in [0.1, 0.15) is 23.8 Å². The van der Waals surface area contributed by atoms with Crippen LogP contribution in [-0.2, 0) is 6.61 Å². The first-order valence-corrected chi connectivity index (χ1v) is 7.04. The zero-order chi connectivity index (χ0) is 15.4. The van der Waals surface area contributed by atoms with Crippen molar-refractivity contribution in [3.63, 3.8) is 0 Å². The Kier molecular flexibility index (Phi) is 4.83. The highest BCUT2D eigenvalue weighted by Crippen LogP contribution is 2.30. The van der Waals surface area contributed by atoms with Crippen LogP contribution < -0.4 is 0 Å². The van der Waals surface area contributed by atoms with E-state index in [9.17, 15) is 5.11 Å². The van der Waals surface area contributed by atoms with E-state index in [-0.39, 0.29) is 12.4 Å². The molecule has 0 aliphatic carbocycles. The summed E-state index contributed by atoms with van der Waals surface area (Å²) in [5.41, 5.74) is 1.15. The Hall–Kier alpha value is -2.04. The standard InChI is InChI=1S/C14H10ClNO3.C2H6/c15-11-6-13(14-4-2-9(7-17)19-14)16-12-5-8(18)1-3-10(11)12;1-2/h1-6,17-18H,7H2;1-2H3. The minimum Gasteiger partial charge on any atom is -0.508 e. The number of phenols is 1. The molecule has 0 aliphatic rings. The first-order valence-electron chi connectivity index (χ1n) is 6.66. The Morgan fingerprint density at radius 3 is 2.57 bits per heavy atom. The summed E-state index contributed by atoms with van der Waals surface area (Å²) >= 11 is 6.19. The lowest BCUT2D eigenvalue weighted by atomic mass is 10.2. The van der Waals surface area contributed by atoms with E-state index in [2.05, 4.69) is 4.98 Å². The third-order valence-electron chi connectivity index (χ3n) is 2.81. The van der Waals surface area contributed by atoms with Crippen molar-refractivity contribution >= 4 is 22.5 Å². The van der Waals surface area contributed by atoms with Crippen LogP contribution in [0.1, 0.15) is 19.6 Å². The van der Waals surface area contributed by atoms with Crippen LogP contribution in [0.4, 0.5) is 0 Å². The van der Waals surface area contributed by atoms with E-state index in [0.29, 0.717) is 27.8 Å². The van der Waals surface area contributed by atoms with E-state index in [4.69, 9.17) is 21.1 Å². The van der Waals surface area contributed by atoms with Crippen LogP contribution in [0.3, 0.4) is 0 Å². The molecule has 0 unspecified atom stereocenters. The summed E-state index contributed by atoms with van der Waals surface area (Å²) in [6, 6.07) is 9.91. The van der Waals surface area contributed by atoms with Gasteiger partial charge in [0.25, 0.3) is 0 Å². The van der Waals surface area contributed by atoms with Crippen molar-refractivity contribution in [3.05, 3.63) is 47.2 Å². The van der Waals surface area contributed by atoms with Crippen molar-refractivity contribution in [1.29, 1.82) is 0 Å².